The van der Waals surface area contributed by atoms with Crippen molar-refractivity contribution < 1.29 is 4.79 Å². The van der Waals surface area contributed by atoms with Crippen molar-refractivity contribution in [3.05, 3.63) is 46.6 Å². The van der Waals surface area contributed by atoms with Crippen LogP contribution in [0.3, 0.4) is 0 Å². The summed E-state index contributed by atoms with van der Waals surface area (Å²) in [5, 5.41) is 8.56. The summed E-state index contributed by atoms with van der Waals surface area (Å²) in [6.07, 6.45) is 8.58. The van der Waals surface area contributed by atoms with Crippen molar-refractivity contribution in [1.29, 1.82) is 0 Å². The van der Waals surface area contributed by atoms with E-state index in [1.165, 1.54) is 10.7 Å². The van der Waals surface area contributed by atoms with Crippen LogP contribution in [0.2, 0.25) is 0 Å². The van der Waals surface area contributed by atoms with Crippen LogP contribution in [0.1, 0.15) is 49.5 Å². The third-order valence-electron chi connectivity index (χ3n) is 4.65. The van der Waals surface area contributed by atoms with Crippen LogP contribution in [-0.2, 0) is 13.1 Å². The Kier molecular flexibility index (Phi) is 5.63. The largest absolute Gasteiger partial charge is 0.332 e. The summed E-state index contributed by atoms with van der Waals surface area (Å²) in [7, 11) is 0. The Balaban J connectivity index is 1.78. The Hall–Kier alpha value is -2.44. The maximum absolute atomic E-state index is 13.0. The standard InChI is InChI=1S/C18H25N5O2/c1-2-3-13-23-17(24)9-8-16(20-23)18(25)22-12-5-4-7-15(22)14-21-11-6-10-19-21/h6,8-11,15H,2-5,7,12-14H2,1H3. The molecule has 0 aliphatic carbocycles. The predicted molar refractivity (Wildman–Crippen MR) is 94.3 cm³/mol. The number of piperidine rings is 1. The van der Waals surface area contributed by atoms with Crippen LogP contribution in [0, 0.1) is 0 Å². The molecule has 2 aromatic rings. The van der Waals surface area contributed by atoms with Crippen molar-refractivity contribution >= 4 is 5.91 Å². The number of unbranched alkanes of at least 4 members (excludes halogenated alkanes) is 1. The van der Waals surface area contributed by atoms with Crippen molar-refractivity contribution in [3.8, 4) is 0 Å². The predicted octanol–water partition coefficient (Wildman–Crippen LogP) is 1.93. The van der Waals surface area contributed by atoms with Gasteiger partial charge in [-0.05, 0) is 37.8 Å². The number of hydrogen-bond donors (Lipinski definition) is 0. The van der Waals surface area contributed by atoms with E-state index in [1.54, 1.807) is 12.3 Å². The molecule has 2 aromatic heterocycles. The highest BCUT2D eigenvalue weighted by atomic mass is 16.2. The highest BCUT2D eigenvalue weighted by Crippen LogP contribution is 2.20. The van der Waals surface area contributed by atoms with Crippen LogP contribution < -0.4 is 5.56 Å². The smallest absolute Gasteiger partial charge is 0.274 e. The van der Waals surface area contributed by atoms with Crippen molar-refractivity contribution in [2.75, 3.05) is 6.54 Å². The van der Waals surface area contributed by atoms with Crippen LogP contribution in [0.4, 0.5) is 0 Å². The molecule has 1 fully saturated rings. The van der Waals surface area contributed by atoms with Gasteiger partial charge in [-0.2, -0.15) is 10.2 Å². The Bertz CT molecular complexity index is 753. The van der Waals surface area contributed by atoms with E-state index >= 15 is 0 Å². The summed E-state index contributed by atoms with van der Waals surface area (Å²) in [5.41, 5.74) is 0.194. The number of aromatic nitrogens is 4. The Morgan fingerprint density at radius 1 is 1.32 bits per heavy atom. The third-order valence-corrected chi connectivity index (χ3v) is 4.65. The average molecular weight is 343 g/mol. The maximum atomic E-state index is 13.0. The molecular formula is C18H25N5O2. The summed E-state index contributed by atoms with van der Waals surface area (Å²) in [5.74, 6) is -0.0953. The molecule has 0 saturated carbocycles. The molecule has 0 aromatic carbocycles. The first kappa shape index (κ1) is 17.4. The minimum atomic E-state index is -0.156. The van der Waals surface area contributed by atoms with E-state index in [0.29, 0.717) is 18.8 Å². The second kappa shape index (κ2) is 8.09. The minimum Gasteiger partial charge on any atom is -0.332 e. The van der Waals surface area contributed by atoms with Crippen LogP contribution in [0.25, 0.3) is 0 Å². The molecule has 1 amide bonds. The molecule has 1 atom stereocenters. The second-order valence-corrected chi connectivity index (χ2v) is 6.51. The molecule has 0 N–H and O–H groups in total. The van der Waals surface area contributed by atoms with E-state index in [4.69, 9.17) is 0 Å². The Morgan fingerprint density at radius 3 is 2.96 bits per heavy atom. The molecule has 0 bridgehead atoms. The van der Waals surface area contributed by atoms with Gasteiger partial charge in [0.15, 0.2) is 0 Å². The normalized spacial score (nSPS) is 17.6. The van der Waals surface area contributed by atoms with Gasteiger partial charge < -0.3 is 4.90 Å². The fourth-order valence-corrected chi connectivity index (χ4v) is 3.26. The molecule has 3 rings (SSSR count). The van der Waals surface area contributed by atoms with Crippen LogP contribution in [-0.4, -0.2) is 43.0 Å². The molecule has 1 unspecified atom stereocenters. The van der Waals surface area contributed by atoms with E-state index in [1.807, 2.05) is 21.8 Å². The van der Waals surface area contributed by atoms with Crippen LogP contribution in [0.15, 0.2) is 35.4 Å². The van der Waals surface area contributed by atoms with Crippen LogP contribution in [0.5, 0.6) is 0 Å². The Morgan fingerprint density at radius 2 is 2.20 bits per heavy atom. The lowest BCUT2D eigenvalue weighted by Gasteiger charge is -2.35. The van der Waals surface area contributed by atoms with Gasteiger partial charge in [-0.3, -0.25) is 14.3 Å². The summed E-state index contributed by atoms with van der Waals surface area (Å²) >= 11 is 0. The second-order valence-electron chi connectivity index (χ2n) is 6.51. The van der Waals surface area contributed by atoms with Gasteiger partial charge in [0, 0.05) is 31.5 Å². The molecule has 1 aliphatic rings. The number of nitrogens with zero attached hydrogens (tertiary/aromatic N) is 5. The molecule has 3 heterocycles. The van der Waals surface area contributed by atoms with Crippen molar-refractivity contribution in [2.24, 2.45) is 0 Å². The number of carbonyl (C=O) groups excluding carboxylic acids is 1. The fourth-order valence-electron chi connectivity index (χ4n) is 3.26. The van der Waals surface area contributed by atoms with E-state index < -0.39 is 0 Å². The van der Waals surface area contributed by atoms with Gasteiger partial charge in [0.25, 0.3) is 11.5 Å². The number of hydrogen-bond acceptors (Lipinski definition) is 4. The fraction of sp³-hybridized carbons (Fsp3) is 0.556. The highest BCUT2D eigenvalue weighted by Gasteiger charge is 2.29. The minimum absolute atomic E-state index is 0.0953. The lowest BCUT2D eigenvalue weighted by Crippen LogP contribution is -2.46. The lowest BCUT2D eigenvalue weighted by molar-refractivity contribution is 0.0575. The van der Waals surface area contributed by atoms with Crippen molar-refractivity contribution in [1.82, 2.24) is 24.5 Å². The third kappa shape index (κ3) is 4.15. The van der Waals surface area contributed by atoms with Gasteiger partial charge in [0.2, 0.25) is 0 Å². The average Bonchev–Trinajstić information content (AvgIpc) is 3.14. The summed E-state index contributed by atoms with van der Waals surface area (Å²) < 4.78 is 3.27. The monoisotopic (exact) mass is 343 g/mol. The van der Waals surface area contributed by atoms with E-state index in [9.17, 15) is 9.59 Å². The molecular weight excluding hydrogens is 318 g/mol. The number of aryl methyl sites for hydroxylation is 1. The topological polar surface area (TPSA) is 73.0 Å². The lowest BCUT2D eigenvalue weighted by atomic mass is 10.0. The first-order valence-electron chi connectivity index (χ1n) is 9.05. The number of likely N-dealkylation sites (tertiary alicyclic amines) is 1. The van der Waals surface area contributed by atoms with E-state index in [0.717, 1.165) is 38.6 Å². The summed E-state index contributed by atoms with van der Waals surface area (Å²) in [4.78, 5) is 26.8. The zero-order valence-corrected chi connectivity index (χ0v) is 14.7. The molecule has 1 saturated heterocycles. The first-order chi connectivity index (χ1) is 12.2. The molecule has 7 heteroatoms. The number of rotatable bonds is 6. The zero-order chi connectivity index (χ0) is 17.6. The van der Waals surface area contributed by atoms with E-state index in [2.05, 4.69) is 17.1 Å². The van der Waals surface area contributed by atoms with Crippen LogP contribution >= 0.6 is 0 Å². The van der Waals surface area contributed by atoms with Crippen molar-refractivity contribution in [3.63, 3.8) is 0 Å². The summed E-state index contributed by atoms with van der Waals surface area (Å²) in [6, 6.07) is 4.99. The van der Waals surface area contributed by atoms with Gasteiger partial charge in [0.1, 0.15) is 5.69 Å². The quantitative estimate of drug-likeness (QED) is 0.803. The number of carbonyl (C=O) groups is 1. The molecule has 7 nitrogen and oxygen atoms in total. The molecule has 134 valence electrons. The van der Waals surface area contributed by atoms with E-state index in [-0.39, 0.29) is 17.5 Å². The van der Waals surface area contributed by atoms with Gasteiger partial charge in [0.05, 0.1) is 12.6 Å². The molecule has 25 heavy (non-hydrogen) atoms. The maximum Gasteiger partial charge on any atom is 0.274 e. The van der Waals surface area contributed by atoms with Gasteiger partial charge in [-0.15, -0.1) is 0 Å². The van der Waals surface area contributed by atoms with Gasteiger partial charge in [-0.25, -0.2) is 4.68 Å². The SMILES string of the molecule is CCCCn1nc(C(=O)N2CCCCC2Cn2cccn2)ccc1=O. The Labute approximate surface area is 147 Å². The van der Waals surface area contributed by atoms with Gasteiger partial charge in [-0.1, -0.05) is 13.3 Å². The highest BCUT2D eigenvalue weighted by molar-refractivity contribution is 5.92. The molecule has 0 spiro atoms. The first-order valence-corrected chi connectivity index (χ1v) is 9.05. The molecule has 0 radical (unpaired) electrons. The van der Waals surface area contributed by atoms with Crippen molar-refractivity contribution in [2.45, 2.75) is 58.2 Å². The summed E-state index contributed by atoms with van der Waals surface area (Å²) in [6.45, 7) is 4.02. The molecule has 1 aliphatic heterocycles. The zero-order valence-electron chi connectivity index (χ0n) is 14.7. The van der Waals surface area contributed by atoms with Gasteiger partial charge >= 0.3 is 0 Å². The number of amides is 1.